The van der Waals surface area contributed by atoms with E-state index < -0.39 is 29.8 Å². The summed E-state index contributed by atoms with van der Waals surface area (Å²) in [5, 5.41) is 6.09. The van der Waals surface area contributed by atoms with E-state index in [9.17, 15) is 27.6 Å². The Bertz CT molecular complexity index is 962. The molecule has 2 heterocycles. The van der Waals surface area contributed by atoms with E-state index in [0.29, 0.717) is 5.56 Å². The number of halogens is 3. The van der Waals surface area contributed by atoms with Crippen LogP contribution in [0.2, 0.25) is 0 Å². The predicted molar refractivity (Wildman–Crippen MR) is 100 cm³/mol. The third-order valence-electron chi connectivity index (χ3n) is 4.14. The summed E-state index contributed by atoms with van der Waals surface area (Å²) in [6.45, 7) is 7.38. The number of nitrogens with one attached hydrogen (secondary N) is 1. The van der Waals surface area contributed by atoms with E-state index in [1.54, 1.807) is 13.8 Å². The molecule has 2 aromatic heterocycles. The first-order valence-corrected chi connectivity index (χ1v) is 9.45. The van der Waals surface area contributed by atoms with Crippen molar-refractivity contribution in [2.45, 2.75) is 46.8 Å². The molecule has 1 unspecified atom stereocenters. The third-order valence-corrected chi connectivity index (χ3v) is 5.45. The zero-order valence-electron chi connectivity index (χ0n) is 16.4. The summed E-state index contributed by atoms with van der Waals surface area (Å²) in [5.74, 6) is -1.68. The maximum atomic E-state index is 12.9. The normalized spacial score (nSPS) is 12.6. The number of amides is 1. The van der Waals surface area contributed by atoms with Gasteiger partial charge in [-0.2, -0.15) is 18.3 Å². The lowest BCUT2D eigenvalue weighted by molar-refractivity contribution is -0.141. The van der Waals surface area contributed by atoms with Crippen molar-refractivity contribution < 1.29 is 32.3 Å². The number of carbonyl (C=O) groups excluding carboxylic acids is 3. The van der Waals surface area contributed by atoms with Crippen molar-refractivity contribution in [3.05, 3.63) is 33.5 Å². The van der Waals surface area contributed by atoms with Crippen LogP contribution >= 0.6 is 11.3 Å². The number of nitrogens with zero attached hydrogens (tertiary/aromatic N) is 2. The molecule has 158 valence electrons. The number of hydrogen-bond donors (Lipinski definition) is 1. The number of anilines is 1. The number of ether oxygens (including phenoxy) is 1. The van der Waals surface area contributed by atoms with Gasteiger partial charge in [0.15, 0.2) is 11.5 Å². The number of thiophene rings is 1. The summed E-state index contributed by atoms with van der Waals surface area (Å²) in [4.78, 5) is 37.1. The molecule has 0 aliphatic carbocycles. The number of alkyl halides is 3. The lowest BCUT2D eigenvalue weighted by atomic mass is 10.1. The average molecular weight is 431 g/mol. The fourth-order valence-corrected chi connectivity index (χ4v) is 3.83. The summed E-state index contributed by atoms with van der Waals surface area (Å²) in [5.41, 5.74) is -0.528. The number of rotatable bonds is 6. The highest BCUT2D eigenvalue weighted by molar-refractivity contribution is 7.18. The third kappa shape index (κ3) is 4.66. The van der Waals surface area contributed by atoms with Crippen molar-refractivity contribution in [2.24, 2.45) is 0 Å². The first kappa shape index (κ1) is 22.6. The van der Waals surface area contributed by atoms with Gasteiger partial charge in [-0.25, -0.2) is 4.79 Å². The largest absolute Gasteiger partial charge is 0.462 e. The van der Waals surface area contributed by atoms with Crippen molar-refractivity contribution in [3.63, 3.8) is 0 Å². The second-order valence-corrected chi connectivity index (χ2v) is 7.34. The van der Waals surface area contributed by atoms with E-state index in [2.05, 4.69) is 10.4 Å². The predicted octanol–water partition coefficient (Wildman–Crippen LogP) is 4.16. The molecule has 0 bridgehead atoms. The summed E-state index contributed by atoms with van der Waals surface area (Å²) < 4.78 is 44.6. The zero-order chi connectivity index (χ0) is 22.1. The fourth-order valence-electron chi connectivity index (χ4n) is 2.73. The summed E-state index contributed by atoms with van der Waals surface area (Å²) in [7, 11) is 0. The maximum absolute atomic E-state index is 12.9. The Balaban J connectivity index is 2.37. The molecule has 2 aromatic rings. The average Bonchev–Trinajstić information content (AvgIpc) is 3.14. The van der Waals surface area contributed by atoms with Gasteiger partial charge >= 0.3 is 12.1 Å². The van der Waals surface area contributed by atoms with Crippen LogP contribution in [0.25, 0.3) is 0 Å². The molecule has 0 aliphatic heterocycles. The molecule has 0 spiro atoms. The van der Waals surface area contributed by atoms with E-state index >= 15 is 0 Å². The van der Waals surface area contributed by atoms with Gasteiger partial charge in [0.05, 0.1) is 17.0 Å². The Morgan fingerprint density at radius 1 is 1.31 bits per heavy atom. The standard InChI is InChI=1S/C18H20F3N3O4S/c1-6-28-17(27)13-9(3)14(11(5)25)29-16(13)22-15(26)10(4)24-8(2)7-12(23-24)18(19,20)21/h7,10H,6H2,1-5H3,(H,22,26). The highest BCUT2D eigenvalue weighted by atomic mass is 32.1. The molecule has 1 N–H and O–H groups in total. The van der Waals surface area contributed by atoms with Crippen molar-refractivity contribution >= 4 is 34.0 Å². The number of carbonyl (C=O) groups is 3. The van der Waals surface area contributed by atoms with Gasteiger partial charge in [0.1, 0.15) is 11.0 Å². The second kappa shape index (κ2) is 8.36. The molecule has 0 aromatic carbocycles. The SMILES string of the molecule is CCOC(=O)c1c(NC(=O)C(C)n2nc(C(F)(F)F)cc2C)sc(C(C)=O)c1C. The highest BCUT2D eigenvalue weighted by Gasteiger charge is 2.35. The van der Waals surface area contributed by atoms with Gasteiger partial charge < -0.3 is 10.1 Å². The van der Waals surface area contributed by atoms with Crippen molar-refractivity contribution in [2.75, 3.05) is 11.9 Å². The van der Waals surface area contributed by atoms with E-state index in [1.165, 1.54) is 20.8 Å². The summed E-state index contributed by atoms with van der Waals surface area (Å²) in [6, 6.07) is -0.249. The van der Waals surface area contributed by atoms with Gasteiger partial charge in [-0.15, -0.1) is 11.3 Å². The van der Waals surface area contributed by atoms with Crippen LogP contribution in [0.3, 0.4) is 0 Å². The van der Waals surface area contributed by atoms with Gasteiger partial charge in [-0.3, -0.25) is 14.3 Å². The first-order valence-electron chi connectivity index (χ1n) is 8.64. The Labute approximate surface area is 168 Å². The quantitative estimate of drug-likeness (QED) is 0.548. The molecule has 11 heteroatoms. The van der Waals surface area contributed by atoms with Crippen molar-refractivity contribution in [1.29, 1.82) is 0 Å². The van der Waals surface area contributed by atoms with Crippen LogP contribution in [0.15, 0.2) is 6.07 Å². The molecule has 2 rings (SSSR count). The highest BCUT2D eigenvalue weighted by Crippen LogP contribution is 2.35. The number of hydrogen-bond acceptors (Lipinski definition) is 6. The number of esters is 1. The van der Waals surface area contributed by atoms with Gasteiger partial charge in [0.25, 0.3) is 0 Å². The molecule has 0 aliphatic rings. The zero-order valence-corrected chi connectivity index (χ0v) is 17.2. The molecule has 7 nitrogen and oxygen atoms in total. The Morgan fingerprint density at radius 2 is 1.93 bits per heavy atom. The second-order valence-electron chi connectivity index (χ2n) is 6.32. The summed E-state index contributed by atoms with van der Waals surface area (Å²) in [6.07, 6.45) is -4.63. The number of ketones is 1. The van der Waals surface area contributed by atoms with Crippen LogP contribution < -0.4 is 5.32 Å². The molecule has 1 atom stereocenters. The van der Waals surface area contributed by atoms with E-state index in [-0.39, 0.29) is 33.5 Å². The molecule has 0 fully saturated rings. The van der Waals surface area contributed by atoms with E-state index in [1.807, 2.05) is 0 Å². The molecule has 0 saturated carbocycles. The van der Waals surface area contributed by atoms with Crippen LogP contribution in [-0.4, -0.2) is 34.0 Å². The molecule has 0 saturated heterocycles. The van der Waals surface area contributed by atoms with Gasteiger partial charge in [-0.1, -0.05) is 0 Å². The minimum atomic E-state index is -4.63. The van der Waals surface area contributed by atoms with Crippen LogP contribution in [0, 0.1) is 13.8 Å². The monoisotopic (exact) mass is 431 g/mol. The van der Waals surface area contributed by atoms with Crippen LogP contribution in [0.4, 0.5) is 18.2 Å². The first-order chi connectivity index (χ1) is 13.4. The summed E-state index contributed by atoms with van der Waals surface area (Å²) >= 11 is 0.911. The lowest BCUT2D eigenvalue weighted by Crippen LogP contribution is -2.26. The van der Waals surface area contributed by atoms with E-state index in [0.717, 1.165) is 22.1 Å². The van der Waals surface area contributed by atoms with Crippen molar-refractivity contribution in [3.8, 4) is 0 Å². The lowest BCUT2D eigenvalue weighted by Gasteiger charge is -2.14. The van der Waals surface area contributed by atoms with Crippen LogP contribution in [0.1, 0.15) is 63.8 Å². The van der Waals surface area contributed by atoms with Gasteiger partial charge in [0.2, 0.25) is 5.91 Å². The minimum Gasteiger partial charge on any atom is -0.462 e. The number of Topliss-reactive ketones (excluding diaryl/α,β-unsaturated/α-hetero) is 1. The van der Waals surface area contributed by atoms with Crippen LogP contribution in [-0.2, 0) is 15.7 Å². The van der Waals surface area contributed by atoms with Crippen molar-refractivity contribution in [1.82, 2.24) is 9.78 Å². The fraction of sp³-hybridized carbons (Fsp3) is 0.444. The molecule has 0 radical (unpaired) electrons. The number of aromatic nitrogens is 2. The topological polar surface area (TPSA) is 90.3 Å². The smallest absolute Gasteiger partial charge is 0.435 e. The molecular weight excluding hydrogens is 411 g/mol. The van der Waals surface area contributed by atoms with Gasteiger partial charge in [-0.05, 0) is 46.2 Å². The molecular formula is C18H20F3N3O4S. The van der Waals surface area contributed by atoms with Crippen LogP contribution in [0.5, 0.6) is 0 Å². The number of aryl methyl sites for hydroxylation is 1. The Morgan fingerprint density at radius 3 is 2.41 bits per heavy atom. The Kier molecular flexibility index (Phi) is 6.51. The van der Waals surface area contributed by atoms with Gasteiger partial charge in [0, 0.05) is 5.69 Å². The molecule has 29 heavy (non-hydrogen) atoms. The molecule has 1 amide bonds. The minimum absolute atomic E-state index is 0.0516. The maximum Gasteiger partial charge on any atom is 0.435 e. The Hall–Kier alpha value is -2.69. The van der Waals surface area contributed by atoms with E-state index in [4.69, 9.17) is 4.74 Å².